The van der Waals surface area contributed by atoms with E-state index in [0.717, 1.165) is 17.0 Å². The van der Waals surface area contributed by atoms with Crippen molar-refractivity contribution in [1.82, 2.24) is 19.7 Å². The van der Waals surface area contributed by atoms with E-state index < -0.39 is 0 Å². The van der Waals surface area contributed by atoms with Crippen molar-refractivity contribution in [2.75, 3.05) is 18.2 Å². The topological polar surface area (TPSA) is 91.2 Å². The Morgan fingerprint density at radius 2 is 1.94 bits per heavy atom. The zero-order valence-corrected chi connectivity index (χ0v) is 20.7. The minimum absolute atomic E-state index is 0.146. The van der Waals surface area contributed by atoms with Gasteiger partial charge in [0, 0.05) is 23.6 Å². The lowest BCUT2D eigenvalue weighted by atomic mass is 10.2. The summed E-state index contributed by atoms with van der Waals surface area (Å²) in [6.07, 6.45) is -0.325. The number of rotatable bonds is 10. The number of hydrogen-bond acceptors (Lipinski definition) is 8. The van der Waals surface area contributed by atoms with E-state index in [1.165, 1.54) is 23.1 Å². The van der Waals surface area contributed by atoms with Gasteiger partial charge in [-0.15, -0.1) is 21.5 Å². The number of hydrogen-bond donors (Lipinski definition) is 1. The molecule has 0 spiro atoms. The van der Waals surface area contributed by atoms with Crippen molar-refractivity contribution < 1.29 is 14.3 Å². The Morgan fingerprint density at radius 3 is 2.71 bits per heavy atom. The Balaban J connectivity index is 1.36. The van der Waals surface area contributed by atoms with E-state index in [1.54, 1.807) is 7.11 Å². The van der Waals surface area contributed by atoms with Crippen LogP contribution in [0.5, 0.6) is 11.5 Å². The average Bonchev–Trinajstić information content (AvgIpc) is 3.50. The number of ether oxygens (including phenoxy) is 2. The molecule has 0 aliphatic rings. The van der Waals surface area contributed by atoms with Crippen molar-refractivity contribution in [2.24, 2.45) is 0 Å². The Morgan fingerprint density at radius 1 is 1.15 bits per heavy atom. The fourth-order valence-electron chi connectivity index (χ4n) is 3.29. The maximum atomic E-state index is 12.5. The molecule has 0 radical (unpaired) electrons. The van der Waals surface area contributed by atoms with E-state index >= 15 is 0 Å². The zero-order valence-electron chi connectivity index (χ0n) is 19.1. The first-order valence-corrected chi connectivity index (χ1v) is 12.6. The fraction of sp³-hybridized carbons (Fsp3) is 0.250. The first-order chi connectivity index (χ1) is 16.6. The molecule has 2 heterocycles. The largest absolute Gasteiger partial charge is 0.497 e. The first kappa shape index (κ1) is 23.8. The van der Waals surface area contributed by atoms with Crippen LogP contribution in [0, 0.1) is 0 Å². The van der Waals surface area contributed by atoms with E-state index in [-0.39, 0.29) is 17.8 Å². The molecular weight excluding hydrogens is 470 g/mol. The highest BCUT2D eigenvalue weighted by atomic mass is 32.2. The van der Waals surface area contributed by atoms with E-state index in [0.29, 0.717) is 28.4 Å². The Hall–Kier alpha value is -3.37. The van der Waals surface area contributed by atoms with E-state index in [9.17, 15) is 4.79 Å². The Bertz CT molecular complexity index is 1240. The average molecular weight is 496 g/mol. The van der Waals surface area contributed by atoms with Crippen molar-refractivity contribution in [3.05, 3.63) is 65.8 Å². The van der Waals surface area contributed by atoms with Gasteiger partial charge in [0.05, 0.1) is 18.6 Å². The predicted molar refractivity (Wildman–Crippen MR) is 135 cm³/mol. The molecule has 2 aromatic carbocycles. The van der Waals surface area contributed by atoms with Gasteiger partial charge in [0.2, 0.25) is 5.91 Å². The number of nitrogens with zero attached hydrogens (tertiary/aromatic N) is 4. The second-order valence-electron chi connectivity index (χ2n) is 7.26. The van der Waals surface area contributed by atoms with Gasteiger partial charge >= 0.3 is 0 Å². The van der Waals surface area contributed by atoms with E-state index in [2.05, 4.69) is 20.5 Å². The summed E-state index contributed by atoms with van der Waals surface area (Å²) in [4.78, 5) is 17.0. The first-order valence-electron chi connectivity index (χ1n) is 10.7. The van der Waals surface area contributed by atoms with Gasteiger partial charge < -0.3 is 19.4 Å². The highest BCUT2D eigenvalue weighted by Crippen LogP contribution is 2.28. The highest BCUT2D eigenvalue weighted by molar-refractivity contribution is 7.99. The number of thiazole rings is 1. The minimum Gasteiger partial charge on any atom is -0.497 e. The van der Waals surface area contributed by atoms with E-state index in [1.807, 2.05) is 78.4 Å². The molecule has 0 fully saturated rings. The summed E-state index contributed by atoms with van der Waals surface area (Å²) in [6, 6.07) is 17.3. The van der Waals surface area contributed by atoms with Gasteiger partial charge in [-0.2, -0.15) is 0 Å². The molecule has 1 amide bonds. The summed E-state index contributed by atoms with van der Waals surface area (Å²) in [6.45, 7) is 4.59. The molecule has 2 aromatic heterocycles. The number of nitrogens with one attached hydrogen (secondary N) is 1. The SMILES string of the molecule is CCn1c(SCC(=O)Nc2nc(-c3ccccc3)cs2)nnc1C(C)Oc1cccc(OC)c1. The van der Waals surface area contributed by atoms with Crippen LogP contribution in [0.2, 0.25) is 0 Å². The van der Waals surface area contributed by atoms with Crippen LogP contribution in [0.15, 0.2) is 65.1 Å². The lowest BCUT2D eigenvalue weighted by Gasteiger charge is -2.16. The summed E-state index contributed by atoms with van der Waals surface area (Å²) >= 11 is 2.73. The van der Waals surface area contributed by atoms with Gasteiger partial charge in [-0.05, 0) is 26.0 Å². The summed E-state index contributed by atoms with van der Waals surface area (Å²) in [7, 11) is 1.62. The molecule has 34 heavy (non-hydrogen) atoms. The zero-order chi connectivity index (χ0) is 23.9. The molecular formula is C24H25N5O3S2. The summed E-state index contributed by atoms with van der Waals surface area (Å²) in [5, 5.41) is 14.6. The molecule has 0 saturated heterocycles. The molecule has 1 unspecified atom stereocenters. The fourth-order valence-corrected chi connectivity index (χ4v) is 4.84. The third-order valence-electron chi connectivity index (χ3n) is 4.93. The third-order valence-corrected chi connectivity index (χ3v) is 6.66. The molecule has 0 aliphatic heterocycles. The summed E-state index contributed by atoms with van der Waals surface area (Å²) < 4.78 is 13.3. The molecule has 8 nitrogen and oxygen atoms in total. The lowest BCUT2D eigenvalue weighted by molar-refractivity contribution is -0.113. The molecule has 0 bridgehead atoms. The third kappa shape index (κ3) is 5.75. The Kier molecular flexibility index (Phi) is 7.81. The molecule has 0 saturated carbocycles. The van der Waals surface area contributed by atoms with Crippen LogP contribution in [-0.2, 0) is 11.3 Å². The van der Waals surface area contributed by atoms with E-state index in [4.69, 9.17) is 9.47 Å². The van der Waals surface area contributed by atoms with Crippen LogP contribution >= 0.6 is 23.1 Å². The maximum Gasteiger partial charge on any atom is 0.236 e. The number of carbonyl (C=O) groups is 1. The normalized spacial score (nSPS) is 11.7. The monoisotopic (exact) mass is 495 g/mol. The molecule has 10 heteroatoms. The number of methoxy groups -OCH3 is 1. The van der Waals surface area contributed by atoms with Crippen molar-refractivity contribution in [1.29, 1.82) is 0 Å². The van der Waals surface area contributed by atoms with Crippen LogP contribution in [-0.4, -0.2) is 38.5 Å². The molecule has 1 N–H and O–H groups in total. The van der Waals surface area contributed by atoms with Crippen LogP contribution in [0.3, 0.4) is 0 Å². The second kappa shape index (κ2) is 11.2. The van der Waals surface area contributed by atoms with Crippen LogP contribution in [0.25, 0.3) is 11.3 Å². The van der Waals surface area contributed by atoms with Crippen molar-refractivity contribution in [3.63, 3.8) is 0 Å². The Labute approximate surface area is 206 Å². The van der Waals surface area contributed by atoms with Crippen molar-refractivity contribution in [3.8, 4) is 22.8 Å². The smallest absolute Gasteiger partial charge is 0.236 e. The van der Waals surface area contributed by atoms with Gasteiger partial charge in [0.1, 0.15) is 11.5 Å². The summed E-state index contributed by atoms with van der Waals surface area (Å²) in [5.74, 6) is 2.15. The number of amides is 1. The molecule has 1 atom stereocenters. The molecule has 4 rings (SSSR count). The van der Waals surface area contributed by atoms with Gasteiger partial charge in [0.25, 0.3) is 0 Å². The minimum atomic E-state index is -0.325. The molecule has 176 valence electrons. The van der Waals surface area contributed by atoms with Crippen LogP contribution in [0.1, 0.15) is 25.8 Å². The van der Waals surface area contributed by atoms with Crippen LogP contribution in [0.4, 0.5) is 5.13 Å². The molecule has 4 aromatic rings. The standard InChI is InChI=1S/C24H25N5O3S2/c1-4-29-22(16(2)32-19-12-8-11-18(13-19)31-3)27-28-24(29)34-15-21(30)26-23-25-20(14-33-23)17-9-6-5-7-10-17/h5-14,16H,4,15H2,1-3H3,(H,25,26,30). The lowest BCUT2D eigenvalue weighted by Crippen LogP contribution is -2.15. The van der Waals surface area contributed by atoms with Crippen LogP contribution < -0.4 is 14.8 Å². The maximum absolute atomic E-state index is 12.5. The van der Waals surface area contributed by atoms with Gasteiger partial charge in [-0.25, -0.2) is 4.98 Å². The second-order valence-corrected chi connectivity index (χ2v) is 9.07. The number of thioether (sulfide) groups is 1. The van der Waals surface area contributed by atoms with Gasteiger partial charge in [-0.3, -0.25) is 4.79 Å². The number of benzene rings is 2. The van der Waals surface area contributed by atoms with Crippen molar-refractivity contribution in [2.45, 2.75) is 31.7 Å². The molecule has 0 aliphatic carbocycles. The van der Waals surface area contributed by atoms with Crippen molar-refractivity contribution >= 4 is 34.1 Å². The summed E-state index contributed by atoms with van der Waals surface area (Å²) in [5.41, 5.74) is 1.86. The van der Waals surface area contributed by atoms with Gasteiger partial charge in [-0.1, -0.05) is 48.2 Å². The number of anilines is 1. The quantitative estimate of drug-likeness (QED) is 0.299. The number of aromatic nitrogens is 4. The van der Waals surface area contributed by atoms with Gasteiger partial charge in [0.15, 0.2) is 22.2 Å². The number of carbonyl (C=O) groups excluding carboxylic acids is 1. The predicted octanol–water partition coefficient (Wildman–Crippen LogP) is 5.30. The highest BCUT2D eigenvalue weighted by Gasteiger charge is 2.20.